The average molecular weight is 298 g/mol. The van der Waals surface area contributed by atoms with E-state index in [1.807, 2.05) is 37.3 Å². The van der Waals surface area contributed by atoms with Gasteiger partial charge in [0, 0.05) is 5.70 Å². The van der Waals surface area contributed by atoms with E-state index in [9.17, 15) is 9.90 Å². The lowest BCUT2D eigenvalue weighted by Crippen LogP contribution is -2.36. The third-order valence-corrected chi connectivity index (χ3v) is 3.42. The number of benzene rings is 2. The van der Waals surface area contributed by atoms with Crippen molar-refractivity contribution < 1.29 is 9.90 Å². The zero-order valence-corrected chi connectivity index (χ0v) is 13.0. The molecule has 22 heavy (non-hydrogen) atoms. The Bertz CT molecular complexity index is 693. The molecule has 0 bridgehead atoms. The highest BCUT2D eigenvalue weighted by atomic mass is 16.3. The Morgan fingerprint density at radius 1 is 1.14 bits per heavy atom. The molecule has 1 amide bonds. The maximum Gasteiger partial charge on any atom is 0.273 e. The number of hydrazine groups is 1. The molecule has 2 aromatic rings. The molecule has 2 rings (SSSR count). The van der Waals surface area contributed by atoms with Crippen LogP contribution >= 0.6 is 0 Å². The summed E-state index contributed by atoms with van der Waals surface area (Å²) < 4.78 is 0. The fourth-order valence-corrected chi connectivity index (χ4v) is 2.35. The average Bonchev–Trinajstić information content (AvgIpc) is 2.52. The fourth-order valence-electron chi connectivity index (χ4n) is 2.35. The number of amides is 1. The molecule has 0 aromatic heterocycles. The molecule has 4 heteroatoms. The Hall–Kier alpha value is -2.49. The second-order valence-electron chi connectivity index (χ2n) is 5.18. The number of allylic oxidation sites excluding steroid dienone is 2. The molecule has 0 spiro atoms. The summed E-state index contributed by atoms with van der Waals surface area (Å²) >= 11 is 0. The highest BCUT2D eigenvalue weighted by Crippen LogP contribution is 2.24. The van der Waals surface area contributed by atoms with Gasteiger partial charge in [0.05, 0.1) is 5.56 Å². The highest BCUT2D eigenvalue weighted by molar-refractivity contribution is 6.01. The van der Waals surface area contributed by atoms with E-state index in [2.05, 4.69) is 17.8 Å². The van der Waals surface area contributed by atoms with Crippen molar-refractivity contribution in [1.29, 1.82) is 0 Å². The summed E-state index contributed by atoms with van der Waals surface area (Å²) in [6.45, 7) is 4.14. The molecule has 116 valence electrons. The van der Waals surface area contributed by atoms with Gasteiger partial charge in [-0.3, -0.25) is 10.2 Å². The Morgan fingerprint density at radius 2 is 1.82 bits per heavy atom. The second-order valence-corrected chi connectivity index (χ2v) is 5.18. The quantitative estimate of drug-likeness (QED) is 0.709. The van der Waals surface area contributed by atoms with Crippen molar-refractivity contribution in [3.05, 3.63) is 53.7 Å². The molecule has 0 radical (unpaired) electrons. The maximum atomic E-state index is 12.3. The van der Waals surface area contributed by atoms with Crippen molar-refractivity contribution in [2.45, 2.75) is 33.1 Å². The molecule has 0 aliphatic heterocycles. The number of hydrogen-bond donors (Lipinski definition) is 3. The van der Waals surface area contributed by atoms with E-state index in [0.29, 0.717) is 0 Å². The van der Waals surface area contributed by atoms with Gasteiger partial charge in [0.25, 0.3) is 5.91 Å². The van der Waals surface area contributed by atoms with Crippen LogP contribution in [0.25, 0.3) is 10.8 Å². The molecule has 0 aliphatic carbocycles. The standard InChI is InChI=1S/C18H22N2O2/c1-3-7-15(8-4-2)19-20-18(22)16-11-13-9-5-6-10-14(13)12-17(16)21/h5-7,9-12,19,21H,3-4,8H2,1-2H3,(H,20,22)/b15-7+. The van der Waals surface area contributed by atoms with Gasteiger partial charge in [0.2, 0.25) is 0 Å². The van der Waals surface area contributed by atoms with Crippen LogP contribution in [0.3, 0.4) is 0 Å². The van der Waals surface area contributed by atoms with E-state index in [4.69, 9.17) is 0 Å². The molecule has 0 fully saturated rings. The number of nitrogens with one attached hydrogen (secondary N) is 2. The molecular formula is C18H22N2O2. The normalized spacial score (nSPS) is 11.5. The first-order valence-electron chi connectivity index (χ1n) is 7.62. The number of rotatable bonds is 6. The van der Waals surface area contributed by atoms with Gasteiger partial charge in [-0.05, 0) is 35.7 Å². The number of phenolic OH excluding ortho intramolecular Hbond substituents is 1. The summed E-state index contributed by atoms with van der Waals surface area (Å²) in [7, 11) is 0. The van der Waals surface area contributed by atoms with E-state index < -0.39 is 0 Å². The number of carbonyl (C=O) groups is 1. The highest BCUT2D eigenvalue weighted by Gasteiger charge is 2.12. The number of aromatic hydroxyl groups is 1. The Balaban J connectivity index is 2.15. The van der Waals surface area contributed by atoms with E-state index in [1.165, 1.54) is 0 Å². The second kappa shape index (κ2) is 7.50. The van der Waals surface area contributed by atoms with Crippen molar-refractivity contribution >= 4 is 16.7 Å². The van der Waals surface area contributed by atoms with Gasteiger partial charge in [0.1, 0.15) is 5.75 Å². The van der Waals surface area contributed by atoms with Crippen molar-refractivity contribution in [2.24, 2.45) is 0 Å². The predicted molar refractivity (Wildman–Crippen MR) is 89.5 cm³/mol. The van der Waals surface area contributed by atoms with Gasteiger partial charge in [0.15, 0.2) is 0 Å². The summed E-state index contributed by atoms with van der Waals surface area (Å²) in [5, 5.41) is 11.9. The SMILES string of the molecule is CC/C=C(\CCC)NNC(=O)c1cc2ccccc2cc1O. The van der Waals surface area contributed by atoms with Gasteiger partial charge >= 0.3 is 0 Å². The lowest BCUT2D eigenvalue weighted by molar-refractivity contribution is 0.0935. The molecule has 4 nitrogen and oxygen atoms in total. The third-order valence-electron chi connectivity index (χ3n) is 3.42. The Kier molecular flexibility index (Phi) is 5.42. The molecule has 3 N–H and O–H groups in total. The predicted octanol–water partition coefficient (Wildman–Crippen LogP) is 3.87. The topological polar surface area (TPSA) is 61.4 Å². The number of carbonyl (C=O) groups excluding carboxylic acids is 1. The van der Waals surface area contributed by atoms with Crippen LogP contribution in [0.5, 0.6) is 5.75 Å². The summed E-state index contributed by atoms with van der Waals surface area (Å²) in [6.07, 6.45) is 4.82. The summed E-state index contributed by atoms with van der Waals surface area (Å²) in [4.78, 5) is 12.3. The smallest absolute Gasteiger partial charge is 0.273 e. The third kappa shape index (κ3) is 3.79. The van der Waals surface area contributed by atoms with Crippen LogP contribution in [-0.2, 0) is 0 Å². The van der Waals surface area contributed by atoms with Gasteiger partial charge < -0.3 is 10.5 Å². The van der Waals surface area contributed by atoms with E-state index in [1.54, 1.807) is 12.1 Å². The van der Waals surface area contributed by atoms with Gasteiger partial charge in [-0.1, -0.05) is 50.6 Å². The van der Waals surface area contributed by atoms with Crippen LogP contribution < -0.4 is 10.9 Å². The van der Waals surface area contributed by atoms with Crippen LogP contribution in [0.2, 0.25) is 0 Å². The molecular weight excluding hydrogens is 276 g/mol. The monoisotopic (exact) mass is 298 g/mol. The first-order chi connectivity index (χ1) is 10.7. The molecule has 0 unspecified atom stereocenters. The van der Waals surface area contributed by atoms with E-state index in [0.717, 1.165) is 35.7 Å². The van der Waals surface area contributed by atoms with Crippen molar-refractivity contribution in [3.8, 4) is 5.75 Å². The molecule has 0 aliphatic rings. The summed E-state index contributed by atoms with van der Waals surface area (Å²) in [5.74, 6) is -0.365. The van der Waals surface area contributed by atoms with Gasteiger partial charge in [-0.15, -0.1) is 0 Å². The first-order valence-corrected chi connectivity index (χ1v) is 7.62. The minimum absolute atomic E-state index is 0.0190. The molecule has 0 saturated heterocycles. The number of fused-ring (bicyclic) bond motifs is 1. The number of phenols is 1. The van der Waals surface area contributed by atoms with Crippen LogP contribution in [0.15, 0.2) is 48.2 Å². The Labute approximate surface area is 130 Å². The van der Waals surface area contributed by atoms with E-state index >= 15 is 0 Å². The molecule has 0 saturated carbocycles. The van der Waals surface area contributed by atoms with Crippen molar-refractivity contribution in [1.82, 2.24) is 10.9 Å². The van der Waals surface area contributed by atoms with Gasteiger partial charge in [-0.2, -0.15) is 0 Å². The van der Waals surface area contributed by atoms with Crippen molar-refractivity contribution in [2.75, 3.05) is 0 Å². The first kappa shape index (κ1) is 15.9. The summed E-state index contributed by atoms with van der Waals surface area (Å²) in [6, 6.07) is 10.9. The Morgan fingerprint density at radius 3 is 2.45 bits per heavy atom. The van der Waals surface area contributed by atoms with Crippen molar-refractivity contribution in [3.63, 3.8) is 0 Å². The van der Waals surface area contributed by atoms with Crippen LogP contribution in [0.4, 0.5) is 0 Å². The molecule has 2 aromatic carbocycles. The van der Waals surface area contributed by atoms with Crippen LogP contribution in [0.1, 0.15) is 43.5 Å². The minimum atomic E-state index is -0.346. The zero-order chi connectivity index (χ0) is 15.9. The lowest BCUT2D eigenvalue weighted by Gasteiger charge is -2.13. The molecule has 0 atom stereocenters. The fraction of sp³-hybridized carbons (Fsp3) is 0.278. The molecule has 0 heterocycles. The number of hydrogen-bond acceptors (Lipinski definition) is 3. The zero-order valence-electron chi connectivity index (χ0n) is 13.0. The van der Waals surface area contributed by atoms with Crippen LogP contribution in [0, 0.1) is 0 Å². The van der Waals surface area contributed by atoms with Gasteiger partial charge in [-0.25, -0.2) is 0 Å². The summed E-state index contributed by atoms with van der Waals surface area (Å²) in [5.41, 5.74) is 6.85. The minimum Gasteiger partial charge on any atom is -0.507 e. The van der Waals surface area contributed by atoms with E-state index in [-0.39, 0.29) is 17.2 Å². The maximum absolute atomic E-state index is 12.3. The van der Waals surface area contributed by atoms with Crippen LogP contribution in [-0.4, -0.2) is 11.0 Å². The largest absolute Gasteiger partial charge is 0.507 e. The lowest BCUT2D eigenvalue weighted by atomic mass is 10.1.